The number of halogens is 1. The van der Waals surface area contributed by atoms with Crippen LogP contribution in [-0.2, 0) is 0 Å². The lowest BCUT2D eigenvalue weighted by Crippen LogP contribution is -2.30. The van der Waals surface area contributed by atoms with E-state index >= 15 is 0 Å². The minimum atomic E-state index is 0.0384. The minimum Gasteiger partial charge on any atom is -0.351 e. The molecule has 2 rings (SSSR count). The smallest absolute Gasteiger partial charge is 0.262 e. The summed E-state index contributed by atoms with van der Waals surface area (Å²) in [6.07, 6.45) is 1.18. The molecule has 0 aromatic carbocycles. The zero-order valence-electron chi connectivity index (χ0n) is 9.20. The molecule has 1 N–H and O–H groups in total. The molecule has 0 saturated carbocycles. The van der Waals surface area contributed by atoms with Crippen molar-refractivity contribution < 1.29 is 4.79 Å². The van der Waals surface area contributed by atoms with Crippen LogP contribution in [-0.4, -0.2) is 37.5 Å². The van der Waals surface area contributed by atoms with Gasteiger partial charge in [0, 0.05) is 17.6 Å². The second-order valence-electron chi connectivity index (χ2n) is 4.22. The number of carbonyl (C=O) groups excluding carboxylic acids is 1. The van der Waals surface area contributed by atoms with Crippen LogP contribution in [0.25, 0.3) is 0 Å². The average molecular weight is 303 g/mol. The predicted molar refractivity (Wildman–Crippen MR) is 70.0 cm³/mol. The summed E-state index contributed by atoms with van der Waals surface area (Å²) in [5, 5.41) is 4.92. The standard InChI is InChI=1S/C11H15BrN2OS/c1-14-4-2-8(7-14)6-13-11(15)10-9(12)3-5-16-10/h3,5,8H,2,4,6-7H2,1H3,(H,13,15). The first-order chi connectivity index (χ1) is 7.66. The van der Waals surface area contributed by atoms with E-state index in [2.05, 4.69) is 33.2 Å². The van der Waals surface area contributed by atoms with E-state index in [4.69, 9.17) is 0 Å². The Morgan fingerprint density at radius 2 is 2.56 bits per heavy atom. The second-order valence-corrected chi connectivity index (χ2v) is 6.00. The molecule has 1 unspecified atom stereocenters. The van der Waals surface area contributed by atoms with E-state index in [1.807, 2.05) is 11.4 Å². The summed E-state index contributed by atoms with van der Waals surface area (Å²) in [6.45, 7) is 3.02. The quantitative estimate of drug-likeness (QED) is 0.928. The van der Waals surface area contributed by atoms with Gasteiger partial charge < -0.3 is 10.2 Å². The topological polar surface area (TPSA) is 32.3 Å². The Kier molecular flexibility index (Phi) is 4.00. The highest BCUT2D eigenvalue weighted by Crippen LogP contribution is 2.22. The first kappa shape index (κ1) is 12.1. The Morgan fingerprint density at radius 1 is 1.75 bits per heavy atom. The van der Waals surface area contributed by atoms with Crippen LogP contribution in [0.5, 0.6) is 0 Å². The van der Waals surface area contributed by atoms with Crippen LogP contribution >= 0.6 is 27.3 Å². The van der Waals surface area contributed by atoms with Gasteiger partial charge in [-0.05, 0) is 53.3 Å². The molecular formula is C11H15BrN2OS. The van der Waals surface area contributed by atoms with E-state index in [1.165, 1.54) is 17.8 Å². The van der Waals surface area contributed by atoms with Crippen molar-refractivity contribution >= 4 is 33.2 Å². The lowest BCUT2D eigenvalue weighted by molar-refractivity contribution is 0.0951. The number of likely N-dealkylation sites (tertiary alicyclic amines) is 1. The van der Waals surface area contributed by atoms with Gasteiger partial charge in [0.05, 0.1) is 0 Å². The molecule has 0 aliphatic carbocycles. The third-order valence-corrected chi connectivity index (χ3v) is 4.70. The summed E-state index contributed by atoms with van der Waals surface area (Å²) in [7, 11) is 2.12. The van der Waals surface area contributed by atoms with E-state index in [-0.39, 0.29) is 5.91 Å². The van der Waals surface area contributed by atoms with Crippen LogP contribution in [0.4, 0.5) is 0 Å². The highest BCUT2D eigenvalue weighted by atomic mass is 79.9. The van der Waals surface area contributed by atoms with Crippen molar-refractivity contribution in [2.45, 2.75) is 6.42 Å². The first-order valence-electron chi connectivity index (χ1n) is 5.36. The molecule has 1 saturated heterocycles. The maximum atomic E-state index is 11.8. The third kappa shape index (κ3) is 2.84. The molecule has 3 nitrogen and oxygen atoms in total. The van der Waals surface area contributed by atoms with Crippen LogP contribution in [0, 0.1) is 5.92 Å². The number of hydrogen-bond donors (Lipinski definition) is 1. The Hall–Kier alpha value is -0.390. The lowest BCUT2D eigenvalue weighted by atomic mass is 10.1. The minimum absolute atomic E-state index is 0.0384. The van der Waals surface area contributed by atoms with Gasteiger partial charge in [0.1, 0.15) is 4.88 Å². The van der Waals surface area contributed by atoms with Crippen LogP contribution in [0.3, 0.4) is 0 Å². The van der Waals surface area contributed by atoms with E-state index in [9.17, 15) is 4.79 Å². The summed E-state index contributed by atoms with van der Waals surface area (Å²) in [4.78, 5) is 14.9. The Labute approximate surface area is 108 Å². The van der Waals surface area contributed by atoms with Gasteiger partial charge >= 0.3 is 0 Å². The van der Waals surface area contributed by atoms with E-state index in [0.29, 0.717) is 5.92 Å². The number of rotatable bonds is 3. The van der Waals surface area contributed by atoms with Crippen LogP contribution in [0.15, 0.2) is 15.9 Å². The van der Waals surface area contributed by atoms with Crippen molar-refractivity contribution in [3.8, 4) is 0 Å². The van der Waals surface area contributed by atoms with Crippen molar-refractivity contribution in [3.05, 3.63) is 20.8 Å². The van der Waals surface area contributed by atoms with Crippen LogP contribution < -0.4 is 5.32 Å². The summed E-state index contributed by atoms with van der Waals surface area (Å²) < 4.78 is 0.888. The van der Waals surface area contributed by atoms with Crippen LogP contribution in [0.2, 0.25) is 0 Å². The highest BCUT2D eigenvalue weighted by molar-refractivity contribution is 9.10. The molecule has 1 atom stereocenters. The maximum Gasteiger partial charge on any atom is 0.262 e. The fourth-order valence-corrected chi connectivity index (χ4v) is 3.43. The van der Waals surface area contributed by atoms with Gasteiger partial charge in [0.15, 0.2) is 0 Å². The number of amides is 1. The molecule has 1 aliphatic rings. The van der Waals surface area contributed by atoms with Gasteiger partial charge in [0.2, 0.25) is 0 Å². The molecule has 1 aromatic heterocycles. The number of carbonyl (C=O) groups is 1. The molecule has 2 heterocycles. The van der Waals surface area contributed by atoms with Crippen molar-refractivity contribution in [1.82, 2.24) is 10.2 Å². The summed E-state index contributed by atoms with van der Waals surface area (Å²) in [6, 6.07) is 1.91. The highest BCUT2D eigenvalue weighted by Gasteiger charge is 2.20. The summed E-state index contributed by atoms with van der Waals surface area (Å²) in [5.41, 5.74) is 0. The molecule has 1 fully saturated rings. The molecule has 1 aliphatic heterocycles. The summed E-state index contributed by atoms with van der Waals surface area (Å²) in [5.74, 6) is 0.643. The number of thiophene rings is 1. The second kappa shape index (κ2) is 5.29. The van der Waals surface area contributed by atoms with Gasteiger partial charge in [-0.15, -0.1) is 11.3 Å². The lowest BCUT2D eigenvalue weighted by Gasteiger charge is -2.11. The number of nitrogens with zero attached hydrogens (tertiary/aromatic N) is 1. The van der Waals surface area contributed by atoms with Gasteiger partial charge in [-0.1, -0.05) is 0 Å². The fraction of sp³-hybridized carbons (Fsp3) is 0.545. The van der Waals surface area contributed by atoms with Gasteiger partial charge in [-0.3, -0.25) is 4.79 Å². The molecule has 0 radical (unpaired) electrons. The third-order valence-electron chi connectivity index (χ3n) is 2.86. The van der Waals surface area contributed by atoms with Crippen molar-refractivity contribution in [2.75, 3.05) is 26.7 Å². The molecule has 1 amide bonds. The fourth-order valence-electron chi connectivity index (χ4n) is 1.97. The average Bonchev–Trinajstić information content (AvgIpc) is 2.84. The molecule has 88 valence electrons. The zero-order valence-corrected chi connectivity index (χ0v) is 11.6. The van der Waals surface area contributed by atoms with Crippen molar-refractivity contribution in [3.63, 3.8) is 0 Å². The Bertz CT molecular complexity index is 380. The van der Waals surface area contributed by atoms with Gasteiger partial charge in [-0.25, -0.2) is 0 Å². The molecule has 1 aromatic rings. The van der Waals surface area contributed by atoms with Gasteiger partial charge in [0.25, 0.3) is 5.91 Å². The van der Waals surface area contributed by atoms with E-state index in [0.717, 1.165) is 29.0 Å². The SMILES string of the molecule is CN1CCC(CNC(=O)c2sccc2Br)C1. The Balaban J connectivity index is 1.82. The molecule has 5 heteroatoms. The monoisotopic (exact) mass is 302 g/mol. The van der Waals surface area contributed by atoms with Crippen molar-refractivity contribution in [2.24, 2.45) is 5.92 Å². The molecule has 0 spiro atoms. The maximum absolute atomic E-state index is 11.8. The number of nitrogens with one attached hydrogen (secondary N) is 1. The summed E-state index contributed by atoms with van der Waals surface area (Å²) >= 11 is 4.84. The molecule has 16 heavy (non-hydrogen) atoms. The largest absolute Gasteiger partial charge is 0.351 e. The Morgan fingerprint density at radius 3 is 3.12 bits per heavy atom. The van der Waals surface area contributed by atoms with E-state index in [1.54, 1.807) is 0 Å². The zero-order chi connectivity index (χ0) is 11.5. The van der Waals surface area contributed by atoms with Crippen LogP contribution in [0.1, 0.15) is 16.1 Å². The van der Waals surface area contributed by atoms with Gasteiger partial charge in [-0.2, -0.15) is 0 Å². The van der Waals surface area contributed by atoms with Crippen molar-refractivity contribution in [1.29, 1.82) is 0 Å². The molecule has 0 bridgehead atoms. The number of hydrogen-bond acceptors (Lipinski definition) is 3. The normalized spacial score (nSPS) is 21.2. The predicted octanol–water partition coefficient (Wildman–Crippen LogP) is 2.19. The van der Waals surface area contributed by atoms with E-state index < -0.39 is 0 Å². The molecular weight excluding hydrogens is 288 g/mol. The first-order valence-corrected chi connectivity index (χ1v) is 7.04.